The highest BCUT2D eigenvalue weighted by atomic mass is 127. The molecule has 0 saturated heterocycles. The van der Waals surface area contributed by atoms with Crippen LogP contribution in [0.1, 0.15) is 6.92 Å². The molecule has 6 aromatic rings. The Balaban J connectivity index is 0.000000182. The van der Waals surface area contributed by atoms with Crippen LogP contribution in [0.3, 0.4) is 0 Å². The summed E-state index contributed by atoms with van der Waals surface area (Å²) in [5.74, 6) is -0.226. The second-order valence-corrected chi connectivity index (χ2v) is 12.6. The predicted octanol–water partition coefficient (Wildman–Crippen LogP) is 9.81. The number of nitrogens with zero attached hydrogens (tertiary/aromatic N) is 2. The van der Waals surface area contributed by atoms with Crippen molar-refractivity contribution in [3.8, 4) is 0 Å². The van der Waals surface area contributed by atoms with Gasteiger partial charge in [0.15, 0.2) is 0 Å². The fourth-order valence-electron chi connectivity index (χ4n) is 4.93. The number of carbonyl (C=O) groups excluding carboxylic acids is 1. The van der Waals surface area contributed by atoms with Gasteiger partial charge in [-0.1, -0.05) is 88.0 Å². The van der Waals surface area contributed by atoms with E-state index in [0.29, 0.717) is 13.2 Å². The highest BCUT2D eigenvalue weighted by molar-refractivity contribution is 14.0. The van der Waals surface area contributed by atoms with Gasteiger partial charge in [0.05, 0.1) is 35.3 Å². The van der Waals surface area contributed by atoms with E-state index in [1.165, 1.54) is 10.8 Å². The second kappa shape index (κ2) is 13.7. The van der Waals surface area contributed by atoms with Gasteiger partial charge in [0.1, 0.15) is 6.54 Å². The molecule has 0 radical (unpaired) electrons. The Labute approximate surface area is 282 Å². The number of ether oxygens (including phenoxy) is 1. The average Bonchev–Trinajstić information content (AvgIpc) is 3.36. The van der Waals surface area contributed by atoms with Crippen LogP contribution in [0, 0.1) is 0 Å². The van der Waals surface area contributed by atoms with Crippen molar-refractivity contribution >= 4 is 137 Å². The van der Waals surface area contributed by atoms with E-state index in [2.05, 4.69) is 105 Å². The minimum Gasteiger partial charge on any atom is -0.465 e. The summed E-state index contributed by atoms with van der Waals surface area (Å²) in [6, 6.07) is 24.7. The quantitative estimate of drug-likeness (QED) is 0.139. The number of fused-ring (bicyclic) bond motifs is 6. The molecule has 0 fully saturated rings. The lowest BCUT2D eigenvalue weighted by molar-refractivity contribution is -0.143. The molecular weight excluding hydrogens is 883 g/mol. The number of hydrogen-bond donors (Lipinski definition) is 1. The van der Waals surface area contributed by atoms with Crippen LogP contribution in [-0.4, -0.2) is 33.4 Å². The minimum absolute atomic E-state index is 0. The van der Waals surface area contributed by atoms with E-state index in [1.54, 1.807) is 0 Å². The summed E-state index contributed by atoms with van der Waals surface area (Å²) in [4.78, 5) is 11.9. The molecule has 0 bridgehead atoms. The summed E-state index contributed by atoms with van der Waals surface area (Å²) >= 11 is 14.0. The van der Waals surface area contributed by atoms with E-state index in [-0.39, 0.29) is 43.1 Å². The number of aliphatic hydroxyl groups excluding tert-OH is 1. The maximum atomic E-state index is 11.9. The van der Waals surface area contributed by atoms with E-state index >= 15 is 0 Å². The van der Waals surface area contributed by atoms with Gasteiger partial charge >= 0.3 is 5.97 Å². The molecule has 5 nitrogen and oxygen atoms in total. The molecule has 4 aromatic carbocycles. The number of benzene rings is 4. The minimum atomic E-state index is -0.226. The summed E-state index contributed by atoms with van der Waals surface area (Å²) < 4.78 is 13.3. The third kappa shape index (κ3) is 6.47. The first-order valence-electron chi connectivity index (χ1n) is 12.3. The Hall–Kier alpha value is -1.44. The smallest absolute Gasteiger partial charge is 0.325 e. The van der Waals surface area contributed by atoms with Crippen LogP contribution in [0.2, 0.25) is 0 Å². The summed E-state index contributed by atoms with van der Waals surface area (Å²) in [6.07, 6.45) is 0. The lowest BCUT2D eigenvalue weighted by atomic mass is 10.2. The number of halogens is 5. The fraction of sp³-hybridized carbons (Fsp3) is 0.167. The second-order valence-electron chi connectivity index (χ2n) is 8.91. The Bertz CT molecular complexity index is 1730. The number of hydrogen-bond acceptors (Lipinski definition) is 3. The maximum Gasteiger partial charge on any atom is 0.325 e. The van der Waals surface area contributed by atoms with E-state index in [4.69, 9.17) is 4.74 Å². The zero-order valence-electron chi connectivity index (χ0n) is 21.3. The summed E-state index contributed by atoms with van der Waals surface area (Å²) in [5.41, 5.74) is 4.33. The van der Waals surface area contributed by atoms with Crippen molar-refractivity contribution < 1.29 is 14.6 Å². The molecule has 0 aliphatic rings. The molecular formula is C30H25Br4IN2O3. The van der Waals surface area contributed by atoms with Crippen LogP contribution in [-0.2, 0) is 22.6 Å². The molecule has 0 aliphatic carbocycles. The van der Waals surface area contributed by atoms with Crippen molar-refractivity contribution in [2.75, 3.05) is 13.2 Å². The van der Waals surface area contributed by atoms with E-state index in [0.717, 1.165) is 50.7 Å². The molecule has 1 N–H and O–H groups in total. The van der Waals surface area contributed by atoms with Crippen molar-refractivity contribution in [1.29, 1.82) is 0 Å². The van der Waals surface area contributed by atoms with E-state index in [9.17, 15) is 9.90 Å². The molecule has 0 unspecified atom stereocenters. The molecule has 2 heterocycles. The third-order valence-corrected chi connectivity index (χ3v) is 8.47. The average molecular weight is 908 g/mol. The van der Waals surface area contributed by atoms with Crippen LogP contribution in [0.4, 0.5) is 0 Å². The van der Waals surface area contributed by atoms with Gasteiger partial charge in [0, 0.05) is 46.0 Å². The van der Waals surface area contributed by atoms with Gasteiger partial charge < -0.3 is 19.0 Å². The normalized spacial score (nSPS) is 11.1. The Morgan fingerprint density at radius 1 is 0.675 bits per heavy atom. The van der Waals surface area contributed by atoms with Crippen LogP contribution in [0.25, 0.3) is 43.6 Å². The van der Waals surface area contributed by atoms with Crippen molar-refractivity contribution in [2.45, 2.75) is 20.0 Å². The number of aromatic nitrogens is 2. The molecule has 0 spiro atoms. The monoisotopic (exact) mass is 904 g/mol. The maximum absolute atomic E-state index is 11.9. The fourth-order valence-corrected chi connectivity index (χ4v) is 6.33. The Morgan fingerprint density at radius 3 is 1.35 bits per heavy atom. The Kier molecular flexibility index (Phi) is 10.8. The standard InChI is InChI=1S/C16H13Br2NO2.C14H11Br2NO.HI/c1-2-21-16(20)9-19-14-7-10(17)3-5-12(14)13-6-4-11(18)8-15(13)19;15-9-1-3-11-12-4-2-10(16)8-14(12)17(5-6-18)13(11)7-9;/h3-8H,2,9H2,1H3;1-4,7-8,18H,5-6H2;1H. The number of carbonyl (C=O) groups is 1. The van der Waals surface area contributed by atoms with Crippen LogP contribution in [0.15, 0.2) is 90.7 Å². The molecule has 208 valence electrons. The molecule has 2 aromatic heterocycles. The number of aliphatic hydroxyl groups is 1. The molecule has 0 amide bonds. The molecule has 40 heavy (non-hydrogen) atoms. The van der Waals surface area contributed by atoms with Gasteiger partial charge in [-0.2, -0.15) is 0 Å². The summed E-state index contributed by atoms with van der Waals surface area (Å²) in [7, 11) is 0. The van der Waals surface area contributed by atoms with Crippen molar-refractivity contribution in [2.24, 2.45) is 0 Å². The van der Waals surface area contributed by atoms with E-state index < -0.39 is 0 Å². The molecule has 10 heteroatoms. The van der Waals surface area contributed by atoms with Gasteiger partial charge in [0.25, 0.3) is 0 Å². The van der Waals surface area contributed by atoms with Crippen LogP contribution >= 0.6 is 87.7 Å². The predicted molar refractivity (Wildman–Crippen MR) is 189 cm³/mol. The largest absolute Gasteiger partial charge is 0.465 e. The lowest BCUT2D eigenvalue weighted by Gasteiger charge is -2.07. The zero-order valence-corrected chi connectivity index (χ0v) is 30.0. The highest BCUT2D eigenvalue weighted by Gasteiger charge is 2.15. The summed E-state index contributed by atoms with van der Waals surface area (Å²) in [6.45, 7) is 3.16. The Morgan fingerprint density at radius 2 is 1.02 bits per heavy atom. The van der Waals surface area contributed by atoms with Gasteiger partial charge in [-0.3, -0.25) is 4.79 Å². The molecule has 0 saturated carbocycles. The van der Waals surface area contributed by atoms with Crippen LogP contribution in [0.5, 0.6) is 0 Å². The first-order valence-corrected chi connectivity index (χ1v) is 15.5. The number of esters is 1. The van der Waals surface area contributed by atoms with E-state index in [1.807, 2.05) is 47.9 Å². The third-order valence-electron chi connectivity index (χ3n) is 6.50. The number of rotatable bonds is 5. The lowest BCUT2D eigenvalue weighted by Crippen LogP contribution is -2.13. The molecule has 0 aliphatic heterocycles. The van der Waals surface area contributed by atoms with Gasteiger partial charge in [-0.25, -0.2) is 0 Å². The van der Waals surface area contributed by atoms with Gasteiger partial charge in [0.2, 0.25) is 0 Å². The van der Waals surface area contributed by atoms with Crippen LogP contribution < -0.4 is 0 Å². The molecule has 0 atom stereocenters. The topological polar surface area (TPSA) is 56.4 Å². The first-order chi connectivity index (χ1) is 18.8. The first kappa shape index (κ1) is 31.5. The molecule has 6 rings (SSSR count). The highest BCUT2D eigenvalue weighted by Crippen LogP contribution is 2.34. The van der Waals surface area contributed by atoms with Crippen molar-refractivity contribution in [1.82, 2.24) is 9.13 Å². The summed E-state index contributed by atoms with van der Waals surface area (Å²) in [5, 5.41) is 13.9. The van der Waals surface area contributed by atoms with Crippen molar-refractivity contribution in [3.63, 3.8) is 0 Å². The van der Waals surface area contributed by atoms with Gasteiger partial charge in [-0.15, -0.1) is 24.0 Å². The van der Waals surface area contributed by atoms with Gasteiger partial charge in [-0.05, 0) is 55.5 Å². The SMILES string of the molecule is CCOC(=O)Cn1c2cc(Br)ccc2c2ccc(Br)cc21.I.OCCn1c2cc(Br)ccc2c2ccc(Br)cc21. The zero-order chi connectivity index (χ0) is 27.7. The van der Waals surface area contributed by atoms with Crippen molar-refractivity contribution in [3.05, 3.63) is 90.7 Å².